The van der Waals surface area contributed by atoms with Gasteiger partial charge >= 0.3 is 6.09 Å². The number of carboxylic acid groups (broad SMARTS) is 1. The molecule has 1 atom stereocenters. The number of sulfonamides is 1. The second-order valence-corrected chi connectivity index (χ2v) is 12.6. The molecule has 0 spiro atoms. The summed E-state index contributed by atoms with van der Waals surface area (Å²) < 4.78 is 29.0. The zero-order chi connectivity index (χ0) is 24.8. The predicted molar refractivity (Wildman–Crippen MR) is 134 cm³/mol. The van der Waals surface area contributed by atoms with Crippen LogP contribution in [-0.4, -0.2) is 119 Å². The first-order chi connectivity index (χ1) is 16.8. The molecule has 3 saturated heterocycles. The average Bonchev–Trinajstić information content (AvgIpc) is 3.26. The fourth-order valence-corrected chi connectivity index (χ4v) is 8.86. The van der Waals surface area contributed by atoms with Gasteiger partial charge in [0.15, 0.2) is 0 Å². The van der Waals surface area contributed by atoms with Crippen LogP contribution in [0.3, 0.4) is 0 Å². The van der Waals surface area contributed by atoms with Crippen molar-refractivity contribution in [3.05, 3.63) is 30.1 Å². The number of hydrogen-bond acceptors (Lipinski definition) is 6. The smallest absolute Gasteiger partial charge is 0.407 e. The van der Waals surface area contributed by atoms with Crippen molar-refractivity contribution in [1.82, 2.24) is 29.0 Å². The minimum atomic E-state index is -3.71. The number of piperidine rings is 1. The molecule has 0 bridgehead atoms. The van der Waals surface area contributed by atoms with Crippen LogP contribution >= 0.6 is 0 Å². The van der Waals surface area contributed by atoms with Crippen LogP contribution < -0.4 is 0 Å². The summed E-state index contributed by atoms with van der Waals surface area (Å²) in [5, 5.41) is 10.7. The molecule has 2 N–H and O–H groups in total. The monoisotopic (exact) mass is 504 g/mol. The number of nitrogens with zero attached hydrogens (tertiary/aromatic N) is 5. The van der Waals surface area contributed by atoms with E-state index in [4.69, 9.17) is 0 Å². The lowest BCUT2D eigenvalue weighted by atomic mass is 9.87. The third-order valence-electron chi connectivity index (χ3n) is 8.39. The van der Waals surface area contributed by atoms with Gasteiger partial charge in [0, 0.05) is 76.2 Å². The van der Waals surface area contributed by atoms with E-state index >= 15 is 0 Å². The van der Waals surface area contributed by atoms with E-state index in [1.54, 1.807) is 10.5 Å². The molecule has 0 aromatic carbocycles. The van der Waals surface area contributed by atoms with E-state index < -0.39 is 20.9 Å². The fourth-order valence-electron chi connectivity index (χ4n) is 6.36. The molecule has 5 rings (SSSR count). The SMILES string of the molecule is CCC(N1CCN(C)CC1)C1(S(=O)(=O)N2CCC(c3c[nH]c4ncccc34)CC2)CN(C(=O)O)C1. The number of piperazine rings is 1. The molecule has 3 aliphatic heterocycles. The Hall–Kier alpha value is -2.21. The van der Waals surface area contributed by atoms with Gasteiger partial charge in [-0.1, -0.05) is 6.92 Å². The van der Waals surface area contributed by atoms with Crippen LogP contribution in [0.5, 0.6) is 0 Å². The summed E-state index contributed by atoms with van der Waals surface area (Å²) >= 11 is 0. The van der Waals surface area contributed by atoms with E-state index in [1.807, 2.05) is 19.2 Å². The number of nitrogens with one attached hydrogen (secondary N) is 1. The maximum Gasteiger partial charge on any atom is 0.407 e. The molecule has 10 nitrogen and oxygen atoms in total. The van der Waals surface area contributed by atoms with Crippen LogP contribution in [0.2, 0.25) is 0 Å². The number of amides is 1. The van der Waals surface area contributed by atoms with E-state index in [0.29, 0.717) is 19.5 Å². The second-order valence-electron chi connectivity index (χ2n) is 10.3. The van der Waals surface area contributed by atoms with E-state index in [0.717, 1.165) is 50.1 Å². The molecule has 0 saturated carbocycles. The summed E-state index contributed by atoms with van der Waals surface area (Å²) in [6, 6.07) is 3.79. The van der Waals surface area contributed by atoms with Crippen molar-refractivity contribution < 1.29 is 18.3 Å². The van der Waals surface area contributed by atoms with Crippen molar-refractivity contribution in [1.29, 1.82) is 0 Å². The minimum Gasteiger partial charge on any atom is -0.465 e. The minimum absolute atomic E-state index is 0.0452. The van der Waals surface area contributed by atoms with Gasteiger partial charge in [0.25, 0.3) is 0 Å². The Bertz CT molecular complexity index is 1160. The lowest BCUT2D eigenvalue weighted by Gasteiger charge is -2.56. The van der Waals surface area contributed by atoms with Crippen LogP contribution in [0.15, 0.2) is 24.5 Å². The van der Waals surface area contributed by atoms with E-state index in [9.17, 15) is 18.3 Å². The highest BCUT2D eigenvalue weighted by Gasteiger charge is 2.62. The molecule has 192 valence electrons. The first kappa shape index (κ1) is 24.5. The standard InChI is InChI=1S/C24H36N6O4S/c1-3-21(28-13-11-27(2)12-14-28)24(16-29(17-24)23(31)32)35(33,34)30-9-6-18(7-10-30)20-15-26-22-19(20)5-4-8-25-22/h4-5,8,15,18,21H,3,6-7,9-14,16-17H2,1-2H3,(H,25,26)(H,31,32). The van der Waals surface area contributed by atoms with E-state index in [1.165, 1.54) is 10.5 Å². The average molecular weight is 505 g/mol. The number of aromatic nitrogens is 2. The zero-order valence-electron chi connectivity index (χ0n) is 20.6. The summed E-state index contributed by atoms with van der Waals surface area (Å²) in [6.45, 7) is 6.41. The van der Waals surface area contributed by atoms with Crippen LogP contribution in [0.1, 0.15) is 37.7 Å². The van der Waals surface area contributed by atoms with Crippen molar-refractivity contribution in [3.8, 4) is 0 Å². The Morgan fingerprint density at radius 2 is 1.89 bits per heavy atom. The number of likely N-dealkylation sites (tertiary alicyclic amines) is 1. The van der Waals surface area contributed by atoms with Crippen LogP contribution in [0.4, 0.5) is 4.79 Å². The van der Waals surface area contributed by atoms with Crippen LogP contribution in [0.25, 0.3) is 11.0 Å². The van der Waals surface area contributed by atoms with Gasteiger partial charge in [-0.25, -0.2) is 22.5 Å². The van der Waals surface area contributed by atoms with Crippen molar-refractivity contribution >= 4 is 27.1 Å². The molecule has 3 aliphatic rings. The quantitative estimate of drug-likeness (QED) is 0.617. The predicted octanol–water partition coefficient (Wildman–Crippen LogP) is 1.83. The number of pyridine rings is 1. The molecule has 1 amide bonds. The van der Waals surface area contributed by atoms with Gasteiger partial charge in [-0.2, -0.15) is 0 Å². The molecule has 11 heteroatoms. The normalized spacial score (nSPS) is 23.9. The molecule has 0 aliphatic carbocycles. The van der Waals surface area contributed by atoms with Gasteiger partial charge in [-0.05, 0) is 49.9 Å². The van der Waals surface area contributed by atoms with E-state index in [2.05, 4.69) is 32.9 Å². The topological polar surface area (TPSA) is 113 Å². The highest BCUT2D eigenvalue weighted by atomic mass is 32.2. The van der Waals surface area contributed by atoms with Gasteiger partial charge in [0.05, 0.1) is 0 Å². The molecule has 1 unspecified atom stereocenters. The largest absolute Gasteiger partial charge is 0.465 e. The lowest BCUT2D eigenvalue weighted by Crippen LogP contribution is -2.77. The number of fused-ring (bicyclic) bond motifs is 1. The Balaban J connectivity index is 1.37. The molecule has 0 radical (unpaired) electrons. The Labute approximate surface area is 206 Å². The maximum atomic E-state index is 14.2. The molecular weight excluding hydrogens is 468 g/mol. The number of likely N-dealkylation sites (N-methyl/N-ethyl adjacent to an activating group) is 1. The number of hydrogen-bond donors (Lipinski definition) is 2. The van der Waals surface area contributed by atoms with Crippen molar-refractivity contribution in [3.63, 3.8) is 0 Å². The number of aromatic amines is 1. The Kier molecular flexibility index (Phi) is 6.54. The van der Waals surface area contributed by atoms with Gasteiger partial charge < -0.3 is 19.9 Å². The summed E-state index contributed by atoms with van der Waals surface area (Å²) in [4.78, 5) is 25.1. The van der Waals surface area contributed by atoms with Gasteiger partial charge in [0.1, 0.15) is 10.4 Å². The van der Waals surface area contributed by atoms with Gasteiger partial charge in [-0.15, -0.1) is 0 Å². The highest BCUT2D eigenvalue weighted by Crippen LogP contribution is 2.42. The first-order valence-electron chi connectivity index (χ1n) is 12.6. The maximum absolute atomic E-state index is 14.2. The van der Waals surface area contributed by atoms with Crippen LogP contribution in [0, 0.1) is 0 Å². The van der Waals surface area contributed by atoms with Crippen molar-refractivity contribution in [2.45, 2.75) is 42.9 Å². The van der Waals surface area contributed by atoms with Crippen molar-refractivity contribution in [2.24, 2.45) is 0 Å². The third kappa shape index (κ3) is 4.12. The summed E-state index contributed by atoms with van der Waals surface area (Å²) in [6.07, 6.45) is 4.88. The number of H-pyrrole nitrogens is 1. The van der Waals surface area contributed by atoms with Crippen LogP contribution in [-0.2, 0) is 10.0 Å². The number of carbonyl (C=O) groups is 1. The second kappa shape index (κ2) is 9.34. The molecular formula is C24H36N6O4S. The van der Waals surface area contributed by atoms with Crippen molar-refractivity contribution in [2.75, 3.05) is 59.4 Å². The zero-order valence-corrected chi connectivity index (χ0v) is 21.4. The Morgan fingerprint density at radius 3 is 2.51 bits per heavy atom. The highest BCUT2D eigenvalue weighted by molar-refractivity contribution is 7.90. The third-order valence-corrected chi connectivity index (χ3v) is 11.0. The number of rotatable bonds is 6. The summed E-state index contributed by atoms with van der Waals surface area (Å²) in [5.74, 6) is 0.270. The van der Waals surface area contributed by atoms with Gasteiger partial charge in [-0.3, -0.25) is 4.90 Å². The van der Waals surface area contributed by atoms with E-state index in [-0.39, 0.29) is 25.0 Å². The summed E-state index contributed by atoms with van der Waals surface area (Å²) in [7, 11) is -1.63. The molecule has 2 aromatic heterocycles. The molecule has 2 aromatic rings. The first-order valence-corrected chi connectivity index (χ1v) is 14.0. The summed E-state index contributed by atoms with van der Waals surface area (Å²) in [5.41, 5.74) is 2.06. The molecule has 35 heavy (non-hydrogen) atoms. The fraction of sp³-hybridized carbons (Fsp3) is 0.667. The van der Waals surface area contributed by atoms with Gasteiger partial charge in [0.2, 0.25) is 10.0 Å². The molecule has 5 heterocycles. The Morgan fingerprint density at radius 1 is 1.20 bits per heavy atom. The molecule has 3 fully saturated rings. The lowest BCUT2D eigenvalue weighted by molar-refractivity contribution is 0.0192.